The number of carbonyl (C=O) groups is 1. The van der Waals surface area contributed by atoms with Crippen molar-refractivity contribution in [3.8, 4) is 0 Å². The Kier molecular flexibility index (Phi) is 4.39. The molecule has 0 N–H and O–H groups in total. The summed E-state index contributed by atoms with van der Waals surface area (Å²) in [6.07, 6.45) is 4.36. The number of thiophene rings is 1. The zero-order chi connectivity index (χ0) is 16.4. The topological polar surface area (TPSA) is 25.2 Å². The fourth-order valence-electron chi connectivity index (χ4n) is 3.54. The standard InChI is InChI=1S/C20H22N2OS/c23-19(21-11-4-5-12-21)18-15-17-10-14-24-20(17)22(18)13-6-9-16-7-2-1-3-8-16/h1-3,7-8,10,14-15H,4-6,9,11-13H2. The van der Waals surface area contributed by atoms with Crippen molar-refractivity contribution in [1.29, 1.82) is 0 Å². The molecule has 0 atom stereocenters. The van der Waals surface area contributed by atoms with Crippen molar-refractivity contribution in [3.05, 3.63) is 59.1 Å². The molecule has 1 amide bonds. The van der Waals surface area contributed by atoms with Crippen molar-refractivity contribution in [2.45, 2.75) is 32.2 Å². The number of benzene rings is 1. The van der Waals surface area contributed by atoms with Gasteiger partial charge in [-0.3, -0.25) is 4.79 Å². The summed E-state index contributed by atoms with van der Waals surface area (Å²) in [6.45, 7) is 2.71. The minimum atomic E-state index is 0.204. The highest BCUT2D eigenvalue weighted by Gasteiger charge is 2.23. The first-order valence-corrected chi connectivity index (χ1v) is 9.61. The van der Waals surface area contributed by atoms with Crippen molar-refractivity contribution in [2.75, 3.05) is 13.1 Å². The SMILES string of the molecule is O=C(c1cc2ccsc2n1CCCc1ccccc1)N1CCCC1. The molecule has 124 valence electrons. The molecule has 3 aromatic rings. The summed E-state index contributed by atoms with van der Waals surface area (Å²) >= 11 is 1.73. The van der Waals surface area contributed by atoms with E-state index in [1.165, 1.54) is 15.8 Å². The van der Waals surface area contributed by atoms with E-state index in [0.29, 0.717) is 0 Å². The average molecular weight is 338 g/mol. The van der Waals surface area contributed by atoms with E-state index in [1.54, 1.807) is 11.3 Å². The largest absolute Gasteiger partial charge is 0.337 e. The quantitative estimate of drug-likeness (QED) is 0.669. The molecule has 1 saturated heterocycles. The highest BCUT2D eigenvalue weighted by atomic mass is 32.1. The van der Waals surface area contributed by atoms with Gasteiger partial charge in [-0.1, -0.05) is 30.3 Å². The first-order chi connectivity index (χ1) is 11.8. The van der Waals surface area contributed by atoms with Crippen LogP contribution in [-0.2, 0) is 13.0 Å². The van der Waals surface area contributed by atoms with Crippen molar-refractivity contribution in [3.63, 3.8) is 0 Å². The van der Waals surface area contributed by atoms with E-state index >= 15 is 0 Å². The van der Waals surface area contributed by atoms with Gasteiger partial charge < -0.3 is 9.47 Å². The molecule has 3 nitrogen and oxygen atoms in total. The molecule has 4 heteroatoms. The Morgan fingerprint density at radius 3 is 2.67 bits per heavy atom. The second kappa shape index (κ2) is 6.81. The first kappa shape index (κ1) is 15.5. The molecular formula is C20H22N2OS. The number of fused-ring (bicyclic) bond motifs is 1. The second-order valence-electron chi connectivity index (χ2n) is 6.45. The Hall–Kier alpha value is -2.07. The van der Waals surface area contributed by atoms with Gasteiger partial charge in [-0.15, -0.1) is 11.3 Å². The zero-order valence-electron chi connectivity index (χ0n) is 13.8. The van der Waals surface area contributed by atoms with E-state index < -0.39 is 0 Å². The van der Waals surface area contributed by atoms with Crippen LogP contribution in [-0.4, -0.2) is 28.5 Å². The van der Waals surface area contributed by atoms with Crippen LogP contribution in [0.15, 0.2) is 47.8 Å². The predicted molar refractivity (Wildman–Crippen MR) is 99.7 cm³/mol. The maximum absolute atomic E-state index is 12.9. The molecule has 0 unspecified atom stereocenters. The molecule has 3 heterocycles. The van der Waals surface area contributed by atoms with E-state index in [2.05, 4.69) is 52.4 Å². The molecule has 0 aliphatic carbocycles. The van der Waals surface area contributed by atoms with E-state index in [9.17, 15) is 4.79 Å². The highest BCUT2D eigenvalue weighted by Crippen LogP contribution is 2.27. The first-order valence-electron chi connectivity index (χ1n) is 8.73. The molecule has 1 aromatic carbocycles. The molecule has 0 spiro atoms. The normalized spacial score (nSPS) is 14.6. The Balaban J connectivity index is 1.55. The van der Waals surface area contributed by atoms with Gasteiger partial charge in [0.2, 0.25) is 0 Å². The molecule has 1 fully saturated rings. The van der Waals surface area contributed by atoms with Gasteiger partial charge in [-0.05, 0) is 48.8 Å². The summed E-state index contributed by atoms with van der Waals surface area (Å²) in [5.74, 6) is 0.204. The van der Waals surface area contributed by atoms with Gasteiger partial charge in [0.15, 0.2) is 0 Å². The Labute approximate surface area is 146 Å². The highest BCUT2D eigenvalue weighted by molar-refractivity contribution is 7.16. The van der Waals surface area contributed by atoms with Crippen LogP contribution in [0.2, 0.25) is 0 Å². The van der Waals surface area contributed by atoms with Crippen LogP contribution in [0, 0.1) is 0 Å². The molecule has 0 saturated carbocycles. The van der Waals surface area contributed by atoms with Gasteiger partial charge in [-0.25, -0.2) is 0 Å². The predicted octanol–water partition coefficient (Wildman–Crippen LogP) is 4.57. The molecule has 0 bridgehead atoms. The van der Waals surface area contributed by atoms with E-state index in [4.69, 9.17) is 0 Å². The lowest BCUT2D eigenvalue weighted by molar-refractivity contribution is 0.0782. The minimum absolute atomic E-state index is 0.204. The number of nitrogens with zero attached hydrogens (tertiary/aromatic N) is 2. The van der Waals surface area contributed by atoms with Gasteiger partial charge in [-0.2, -0.15) is 0 Å². The number of aryl methyl sites for hydroxylation is 2. The lowest BCUT2D eigenvalue weighted by Crippen LogP contribution is -2.29. The number of hydrogen-bond acceptors (Lipinski definition) is 2. The van der Waals surface area contributed by atoms with Crippen LogP contribution in [0.3, 0.4) is 0 Å². The number of hydrogen-bond donors (Lipinski definition) is 0. The Morgan fingerprint density at radius 1 is 1.08 bits per heavy atom. The number of aromatic nitrogens is 1. The fourth-order valence-corrected chi connectivity index (χ4v) is 4.47. The van der Waals surface area contributed by atoms with Crippen molar-refractivity contribution in [2.24, 2.45) is 0 Å². The van der Waals surface area contributed by atoms with Crippen molar-refractivity contribution in [1.82, 2.24) is 9.47 Å². The van der Waals surface area contributed by atoms with E-state index in [-0.39, 0.29) is 5.91 Å². The summed E-state index contributed by atoms with van der Waals surface area (Å²) in [4.78, 5) is 16.1. The van der Waals surface area contributed by atoms with Gasteiger partial charge >= 0.3 is 0 Å². The van der Waals surface area contributed by atoms with Gasteiger partial charge in [0, 0.05) is 25.0 Å². The van der Waals surface area contributed by atoms with Crippen molar-refractivity contribution >= 4 is 27.5 Å². The van der Waals surface area contributed by atoms with Crippen LogP contribution >= 0.6 is 11.3 Å². The smallest absolute Gasteiger partial charge is 0.270 e. The Bertz CT molecular complexity index is 828. The molecule has 0 radical (unpaired) electrons. The third kappa shape index (κ3) is 2.98. The summed E-state index contributed by atoms with van der Waals surface area (Å²) in [5.41, 5.74) is 2.23. The maximum Gasteiger partial charge on any atom is 0.270 e. The van der Waals surface area contributed by atoms with E-state index in [1.807, 2.05) is 4.90 Å². The molecule has 4 rings (SSSR count). The molecule has 1 aliphatic rings. The minimum Gasteiger partial charge on any atom is -0.337 e. The summed E-state index contributed by atoms with van der Waals surface area (Å²) in [6, 6.07) is 14.8. The fraction of sp³-hybridized carbons (Fsp3) is 0.350. The van der Waals surface area contributed by atoms with Crippen LogP contribution in [0.5, 0.6) is 0 Å². The van der Waals surface area contributed by atoms with Gasteiger partial charge in [0.05, 0.1) is 0 Å². The Morgan fingerprint density at radius 2 is 1.88 bits per heavy atom. The van der Waals surface area contributed by atoms with Crippen LogP contribution in [0.1, 0.15) is 35.3 Å². The average Bonchev–Trinajstić information content (AvgIpc) is 3.33. The zero-order valence-corrected chi connectivity index (χ0v) is 14.6. The van der Waals surface area contributed by atoms with E-state index in [0.717, 1.165) is 51.0 Å². The monoisotopic (exact) mass is 338 g/mol. The summed E-state index contributed by atoms with van der Waals surface area (Å²) < 4.78 is 2.24. The number of likely N-dealkylation sites (tertiary alicyclic amines) is 1. The lowest BCUT2D eigenvalue weighted by atomic mass is 10.1. The maximum atomic E-state index is 12.9. The molecule has 1 aliphatic heterocycles. The number of amides is 1. The van der Waals surface area contributed by atoms with Crippen LogP contribution in [0.25, 0.3) is 10.2 Å². The summed E-state index contributed by atoms with van der Waals surface area (Å²) in [5, 5.41) is 3.31. The van der Waals surface area contributed by atoms with Crippen molar-refractivity contribution < 1.29 is 4.79 Å². The van der Waals surface area contributed by atoms with Gasteiger partial charge in [0.1, 0.15) is 10.5 Å². The lowest BCUT2D eigenvalue weighted by Gasteiger charge is -2.17. The van der Waals surface area contributed by atoms with Gasteiger partial charge in [0.25, 0.3) is 5.91 Å². The van der Waals surface area contributed by atoms with Crippen LogP contribution in [0.4, 0.5) is 0 Å². The second-order valence-corrected chi connectivity index (χ2v) is 7.35. The number of rotatable bonds is 5. The summed E-state index contributed by atoms with van der Waals surface area (Å²) in [7, 11) is 0. The molecule has 24 heavy (non-hydrogen) atoms. The number of carbonyl (C=O) groups excluding carboxylic acids is 1. The molecular weight excluding hydrogens is 316 g/mol. The third-order valence-electron chi connectivity index (χ3n) is 4.80. The van der Waals surface area contributed by atoms with Crippen LogP contribution < -0.4 is 0 Å². The molecule has 2 aromatic heterocycles. The third-order valence-corrected chi connectivity index (χ3v) is 5.76.